The highest BCUT2D eigenvalue weighted by molar-refractivity contribution is 6.46. The van der Waals surface area contributed by atoms with E-state index in [1.807, 2.05) is 0 Å². The number of amides is 1. The van der Waals surface area contributed by atoms with Crippen LogP contribution in [0.3, 0.4) is 0 Å². The van der Waals surface area contributed by atoms with Crippen LogP contribution in [0.25, 0.3) is 5.76 Å². The van der Waals surface area contributed by atoms with E-state index in [9.17, 15) is 14.7 Å². The van der Waals surface area contributed by atoms with Gasteiger partial charge in [-0.15, -0.1) is 0 Å². The Kier molecular flexibility index (Phi) is 4.11. The number of Topliss-reactive ketones (excluding diaryl/α,β-unsaturated/α-hetero) is 1. The van der Waals surface area contributed by atoms with Crippen molar-refractivity contribution in [1.29, 1.82) is 0 Å². The standard InChI is InChI=1S/C17H11Cl2NO3/c18-11-5-1-9(2-6-11)14-13(16(22)17(23)20-14)15(21)10-3-7-12(19)8-4-10/h1-8,14,21H,(H,20,23). The molecule has 2 aromatic carbocycles. The number of hydrogen-bond donors (Lipinski definition) is 2. The van der Waals surface area contributed by atoms with Crippen molar-refractivity contribution < 1.29 is 14.7 Å². The zero-order valence-electron chi connectivity index (χ0n) is 11.7. The van der Waals surface area contributed by atoms with Crippen LogP contribution in [0.4, 0.5) is 0 Å². The second-order valence-corrected chi connectivity index (χ2v) is 5.93. The fourth-order valence-electron chi connectivity index (χ4n) is 2.43. The Balaban J connectivity index is 2.10. The van der Waals surface area contributed by atoms with Gasteiger partial charge < -0.3 is 10.4 Å². The summed E-state index contributed by atoms with van der Waals surface area (Å²) < 4.78 is 0. The SMILES string of the molecule is O=C1NC(c2ccc(Cl)cc2)C(=C(O)c2ccc(Cl)cc2)C1=O. The van der Waals surface area contributed by atoms with Gasteiger partial charge in [0.05, 0.1) is 11.6 Å². The van der Waals surface area contributed by atoms with Crippen molar-refractivity contribution in [3.8, 4) is 0 Å². The van der Waals surface area contributed by atoms with Crippen molar-refractivity contribution in [2.75, 3.05) is 0 Å². The summed E-state index contributed by atoms with van der Waals surface area (Å²) in [4.78, 5) is 23.9. The quantitative estimate of drug-likeness (QED) is 0.494. The summed E-state index contributed by atoms with van der Waals surface area (Å²) in [5.74, 6) is -1.75. The van der Waals surface area contributed by atoms with Crippen LogP contribution in [0.2, 0.25) is 10.0 Å². The lowest BCUT2D eigenvalue weighted by atomic mass is 9.96. The molecule has 2 N–H and O–H groups in total. The Morgan fingerprint density at radius 1 is 0.913 bits per heavy atom. The van der Waals surface area contributed by atoms with E-state index >= 15 is 0 Å². The molecule has 1 saturated heterocycles. The molecule has 23 heavy (non-hydrogen) atoms. The number of benzene rings is 2. The first-order valence-electron chi connectivity index (χ1n) is 6.77. The van der Waals surface area contributed by atoms with Gasteiger partial charge in [-0.3, -0.25) is 9.59 Å². The number of aliphatic hydroxyl groups is 1. The topological polar surface area (TPSA) is 66.4 Å². The van der Waals surface area contributed by atoms with Crippen molar-refractivity contribution in [2.24, 2.45) is 0 Å². The summed E-state index contributed by atoms with van der Waals surface area (Å²) in [7, 11) is 0. The fourth-order valence-corrected chi connectivity index (χ4v) is 2.69. The Morgan fingerprint density at radius 3 is 2.00 bits per heavy atom. The first-order chi connectivity index (χ1) is 11.0. The molecule has 0 saturated carbocycles. The normalized spacial score (nSPS) is 19.7. The van der Waals surface area contributed by atoms with E-state index in [-0.39, 0.29) is 11.3 Å². The van der Waals surface area contributed by atoms with E-state index in [0.29, 0.717) is 21.2 Å². The zero-order chi connectivity index (χ0) is 16.6. The van der Waals surface area contributed by atoms with Gasteiger partial charge in [-0.05, 0) is 42.0 Å². The number of carbonyl (C=O) groups is 2. The number of halogens is 2. The fraction of sp³-hybridized carbons (Fsp3) is 0.0588. The minimum absolute atomic E-state index is 0.0136. The average molecular weight is 348 g/mol. The van der Waals surface area contributed by atoms with Gasteiger partial charge in [0, 0.05) is 15.6 Å². The molecule has 1 aliphatic rings. The van der Waals surface area contributed by atoms with E-state index in [1.54, 1.807) is 48.5 Å². The lowest BCUT2D eigenvalue weighted by Crippen LogP contribution is -2.21. The smallest absolute Gasteiger partial charge is 0.293 e. The minimum atomic E-state index is -0.752. The first kappa shape index (κ1) is 15.6. The predicted octanol–water partition coefficient (Wildman–Crippen LogP) is 3.70. The lowest BCUT2D eigenvalue weighted by Gasteiger charge is -2.13. The van der Waals surface area contributed by atoms with E-state index in [0.717, 1.165) is 0 Å². The summed E-state index contributed by atoms with van der Waals surface area (Å²) in [6.07, 6.45) is 0. The summed E-state index contributed by atoms with van der Waals surface area (Å²) in [6.45, 7) is 0. The molecule has 1 atom stereocenters. The molecule has 116 valence electrons. The summed E-state index contributed by atoms with van der Waals surface area (Å²) in [5.41, 5.74) is 1.08. The number of ketones is 1. The molecule has 3 rings (SSSR count). The highest BCUT2D eigenvalue weighted by atomic mass is 35.5. The van der Waals surface area contributed by atoms with E-state index < -0.39 is 17.7 Å². The first-order valence-corrected chi connectivity index (χ1v) is 7.52. The maximum Gasteiger partial charge on any atom is 0.293 e. The molecule has 1 unspecified atom stereocenters. The highest BCUT2D eigenvalue weighted by Crippen LogP contribution is 2.33. The van der Waals surface area contributed by atoms with Gasteiger partial charge in [0.1, 0.15) is 5.76 Å². The number of hydrogen-bond acceptors (Lipinski definition) is 3. The second kappa shape index (κ2) is 6.07. The van der Waals surface area contributed by atoms with Crippen LogP contribution in [0.15, 0.2) is 54.1 Å². The molecule has 0 aliphatic carbocycles. The molecule has 0 bridgehead atoms. The van der Waals surface area contributed by atoms with Crippen molar-refractivity contribution in [1.82, 2.24) is 5.32 Å². The van der Waals surface area contributed by atoms with E-state index in [2.05, 4.69) is 5.32 Å². The van der Waals surface area contributed by atoms with Gasteiger partial charge in [-0.1, -0.05) is 35.3 Å². The van der Waals surface area contributed by atoms with Gasteiger partial charge in [-0.2, -0.15) is 0 Å². The Hall–Kier alpha value is -2.30. The van der Waals surface area contributed by atoms with Gasteiger partial charge in [-0.25, -0.2) is 0 Å². The van der Waals surface area contributed by atoms with Crippen LogP contribution in [-0.2, 0) is 9.59 Å². The molecule has 1 fully saturated rings. The molecule has 1 amide bonds. The summed E-state index contributed by atoms with van der Waals surface area (Å²) in [6, 6.07) is 12.3. The van der Waals surface area contributed by atoms with Crippen molar-refractivity contribution in [3.63, 3.8) is 0 Å². The van der Waals surface area contributed by atoms with Gasteiger partial charge in [0.25, 0.3) is 11.7 Å². The van der Waals surface area contributed by atoms with Gasteiger partial charge in [0.2, 0.25) is 0 Å². The van der Waals surface area contributed by atoms with Crippen LogP contribution in [0, 0.1) is 0 Å². The van der Waals surface area contributed by atoms with Crippen LogP contribution >= 0.6 is 23.2 Å². The predicted molar refractivity (Wildman–Crippen MR) is 88.3 cm³/mol. The third-order valence-corrected chi connectivity index (χ3v) is 4.10. The molecule has 4 nitrogen and oxygen atoms in total. The maximum absolute atomic E-state index is 12.2. The molecule has 6 heteroatoms. The Labute approximate surface area is 142 Å². The molecule has 0 radical (unpaired) electrons. The number of rotatable bonds is 2. The van der Waals surface area contributed by atoms with Crippen molar-refractivity contribution >= 4 is 40.7 Å². The molecule has 1 aliphatic heterocycles. The third-order valence-electron chi connectivity index (χ3n) is 3.59. The number of nitrogens with one attached hydrogen (secondary N) is 1. The van der Waals surface area contributed by atoms with Gasteiger partial charge in [0.15, 0.2) is 0 Å². The maximum atomic E-state index is 12.2. The third kappa shape index (κ3) is 2.96. The van der Waals surface area contributed by atoms with E-state index in [1.165, 1.54) is 0 Å². The van der Waals surface area contributed by atoms with Crippen molar-refractivity contribution in [3.05, 3.63) is 75.3 Å². The Bertz CT molecular complexity index is 811. The zero-order valence-corrected chi connectivity index (χ0v) is 13.2. The molecule has 1 heterocycles. The summed E-state index contributed by atoms with van der Waals surface area (Å²) >= 11 is 11.7. The minimum Gasteiger partial charge on any atom is -0.507 e. The molecule has 2 aromatic rings. The monoisotopic (exact) mass is 347 g/mol. The average Bonchev–Trinajstić information content (AvgIpc) is 2.84. The van der Waals surface area contributed by atoms with E-state index in [4.69, 9.17) is 23.2 Å². The van der Waals surface area contributed by atoms with Crippen molar-refractivity contribution in [2.45, 2.75) is 6.04 Å². The summed E-state index contributed by atoms with van der Waals surface area (Å²) in [5, 5.41) is 14.1. The Morgan fingerprint density at radius 2 is 1.43 bits per heavy atom. The van der Waals surface area contributed by atoms with Gasteiger partial charge >= 0.3 is 0 Å². The van der Waals surface area contributed by atoms with Crippen LogP contribution in [0.5, 0.6) is 0 Å². The van der Waals surface area contributed by atoms with Crippen LogP contribution in [-0.4, -0.2) is 16.8 Å². The number of carbonyl (C=O) groups excluding carboxylic acids is 2. The highest BCUT2D eigenvalue weighted by Gasteiger charge is 2.39. The number of aliphatic hydroxyl groups excluding tert-OH is 1. The molecular formula is C17H11Cl2NO3. The van der Waals surface area contributed by atoms with Crippen LogP contribution in [0.1, 0.15) is 17.2 Å². The molecular weight excluding hydrogens is 337 g/mol. The lowest BCUT2D eigenvalue weighted by molar-refractivity contribution is -0.133. The second-order valence-electron chi connectivity index (χ2n) is 5.06. The molecule has 0 aromatic heterocycles. The molecule has 0 spiro atoms. The largest absolute Gasteiger partial charge is 0.507 e. The van der Waals surface area contributed by atoms with Crippen LogP contribution < -0.4 is 5.32 Å².